The van der Waals surface area contributed by atoms with E-state index in [2.05, 4.69) is 81.7 Å². The number of nitrogens with zero attached hydrogens (tertiary/aromatic N) is 2. The standard InChI is InChI=1S/C24H30N2S/c1-15(2)25-14-26-18-11-10-16-20(24(5,6)13-12-23(16,3)4)22(18)27-19-9-7-8-17(25)21(19)26/h7-11,15H,12-14H2,1-6H3. The van der Waals surface area contributed by atoms with Crippen molar-refractivity contribution >= 4 is 28.8 Å². The molecule has 2 aromatic rings. The second-order valence-electron chi connectivity index (χ2n) is 9.96. The number of benzene rings is 2. The highest BCUT2D eigenvalue weighted by molar-refractivity contribution is 7.99. The van der Waals surface area contributed by atoms with Gasteiger partial charge >= 0.3 is 0 Å². The summed E-state index contributed by atoms with van der Waals surface area (Å²) in [5, 5.41) is 0. The van der Waals surface area contributed by atoms with Crippen LogP contribution in [0.2, 0.25) is 0 Å². The van der Waals surface area contributed by atoms with Gasteiger partial charge in [0.2, 0.25) is 0 Å². The number of hydrogen-bond donors (Lipinski definition) is 0. The van der Waals surface area contributed by atoms with Gasteiger partial charge in [-0.25, -0.2) is 0 Å². The Morgan fingerprint density at radius 2 is 1.67 bits per heavy atom. The van der Waals surface area contributed by atoms with Crippen LogP contribution in [0.5, 0.6) is 0 Å². The fourth-order valence-corrected chi connectivity index (χ4v) is 6.60. The molecule has 0 radical (unpaired) electrons. The molecule has 2 aromatic carbocycles. The summed E-state index contributed by atoms with van der Waals surface area (Å²) in [6, 6.07) is 12.2. The zero-order valence-corrected chi connectivity index (χ0v) is 18.2. The van der Waals surface area contributed by atoms with Crippen molar-refractivity contribution in [2.75, 3.05) is 16.5 Å². The Morgan fingerprint density at radius 1 is 0.926 bits per heavy atom. The largest absolute Gasteiger partial charge is 0.349 e. The SMILES string of the molecule is CC(C)N1CN2c3ccc4c(c3Sc3cccc1c32)C(C)(C)CCC4(C)C. The molecule has 27 heavy (non-hydrogen) atoms. The molecule has 0 amide bonds. The number of rotatable bonds is 1. The van der Waals surface area contributed by atoms with Gasteiger partial charge in [-0.15, -0.1) is 0 Å². The first kappa shape index (κ1) is 17.5. The molecule has 0 atom stereocenters. The topological polar surface area (TPSA) is 6.48 Å². The number of fused-ring (bicyclic) bond motifs is 4. The second-order valence-corrected chi connectivity index (χ2v) is 11.0. The van der Waals surface area contributed by atoms with E-state index in [4.69, 9.17) is 0 Å². The average Bonchev–Trinajstić information content (AvgIpc) is 3.00. The summed E-state index contributed by atoms with van der Waals surface area (Å²) < 4.78 is 0. The predicted molar refractivity (Wildman–Crippen MR) is 117 cm³/mol. The van der Waals surface area contributed by atoms with Crippen LogP contribution in [0.15, 0.2) is 40.1 Å². The summed E-state index contributed by atoms with van der Waals surface area (Å²) in [5.74, 6) is 0. The first-order valence-electron chi connectivity index (χ1n) is 10.2. The van der Waals surface area contributed by atoms with E-state index in [1.807, 2.05) is 11.8 Å². The van der Waals surface area contributed by atoms with Crippen LogP contribution in [-0.4, -0.2) is 12.7 Å². The molecule has 2 nitrogen and oxygen atoms in total. The van der Waals surface area contributed by atoms with Gasteiger partial charge in [-0.3, -0.25) is 0 Å². The van der Waals surface area contributed by atoms with Gasteiger partial charge in [-0.1, -0.05) is 51.6 Å². The molecule has 0 bridgehead atoms. The van der Waals surface area contributed by atoms with E-state index >= 15 is 0 Å². The van der Waals surface area contributed by atoms with E-state index in [0.717, 1.165) is 6.67 Å². The maximum atomic E-state index is 2.56. The summed E-state index contributed by atoms with van der Waals surface area (Å²) in [4.78, 5) is 8.01. The Hall–Kier alpha value is -1.61. The van der Waals surface area contributed by atoms with Crippen molar-refractivity contribution in [2.24, 2.45) is 0 Å². The molecule has 0 N–H and O–H groups in total. The van der Waals surface area contributed by atoms with Crippen LogP contribution in [0.25, 0.3) is 0 Å². The molecule has 0 saturated carbocycles. The van der Waals surface area contributed by atoms with Crippen LogP contribution in [0.3, 0.4) is 0 Å². The molecule has 0 spiro atoms. The third-order valence-corrected chi connectivity index (χ3v) is 8.06. The maximum Gasteiger partial charge on any atom is 0.0956 e. The van der Waals surface area contributed by atoms with Crippen molar-refractivity contribution in [1.82, 2.24) is 0 Å². The Morgan fingerprint density at radius 3 is 2.41 bits per heavy atom. The Balaban J connectivity index is 1.75. The summed E-state index contributed by atoms with van der Waals surface area (Å²) in [5.41, 5.74) is 7.86. The van der Waals surface area contributed by atoms with Crippen molar-refractivity contribution in [2.45, 2.75) is 81.0 Å². The van der Waals surface area contributed by atoms with Gasteiger partial charge in [-0.05, 0) is 66.8 Å². The van der Waals surface area contributed by atoms with Gasteiger partial charge in [0.1, 0.15) is 0 Å². The van der Waals surface area contributed by atoms with Crippen molar-refractivity contribution < 1.29 is 0 Å². The van der Waals surface area contributed by atoms with Crippen LogP contribution >= 0.6 is 11.8 Å². The molecule has 0 saturated heterocycles. The second kappa shape index (κ2) is 5.47. The summed E-state index contributed by atoms with van der Waals surface area (Å²) in [6.45, 7) is 15.3. The van der Waals surface area contributed by atoms with Crippen LogP contribution in [0.4, 0.5) is 17.1 Å². The molecule has 3 aliphatic rings. The van der Waals surface area contributed by atoms with E-state index in [0.29, 0.717) is 6.04 Å². The molecule has 0 fully saturated rings. The Bertz CT molecular complexity index is 942. The van der Waals surface area contributed by atoms with E-state index in [1.54, 1.807) is 11.1 Å². The zero-order chi connectivity index (χ0) is 19.1. The van der Waals surface area contributed by atoms with Crippen LogP contribution < -0.4 is 9.80 Å². The van der Waals surface area contributed by atoms with Gasteiger partial charge in [0.25, 0.3) is 0 Å². The monoisotopic (exact) mass is 378 g/mol. The summed E-state index contributed by atoms with van der Waals surface area (Å²) in [6.07, 6.45) is 2.52. The van der Waals surface area contributed by atoms with Gasteiger partial charge < -0.3 is 9.80 Å². The predicted octanol–water partition coefficient (Wildman–Crippen LogP) is 6.82. The van der Waals surface area contributed by atoms with E-state index in [9.17, 15) is 0 Å². The lowest BCUT2D eigenvalue weighted by atomic mass is 9.63. The smallest absolute Gasteiger partial charge is 0.0956 e. The fourth-order valence-electron chi connectivity index (χ4n) is 5.15. The molecule has 2 aliphatic heterocycles. The van der Waals surface area contributed by atoms with E-state index in [1.165, 1.54) is 39.7 Å². The number of para-hydroxylation sites is 1. The maximum absolute atomic E-state index is 2.56. The normalized spacial score (nSPS) is 21.1. The molecule has 5 rings (SSSR count). The lowest BCUT2D eigenvalue weighted by Gasteiger charge is -2.44. The molecular formula is C24H30N2S. The molecule has 0 unspecified atom stereocenters. The quantitative estimate of drug-likeness (QED) is 0.537. The minimum atomic E-state index is 0.232. The van der Waals surface area contributed by atoms with Crippen LogP contribution in [0, 0.1) is 0 Å². The molecule has 3 heteroatoms. The molecule has 0 aromatic heterocycles. The third kappa shape index (κ3) is 2.33. The highest BCUT2D eigenvalue weighted by atomic mass is 32.2. The minimum Gasteiger partial charge on any atom is -0.349 e. The van der Waals surface area contributed by atoms with Crippen molar-refractivity contribution in [1.29, 1.82) is 0 Å². The molecule has 1 aliphatic carbocycles. The lowest BCUT2D eigenvalue weighted by molar-refractivity contribution is 0.327. The van der Waals surface area contributed by atoms with Crippen molar-refractivity contribution in [3.05, 3.63) is 41.5 Å². The van der Waals surface area contributed by atoms with E-state index < -0.39 is 0 Å². The Kier molecular flexibility index (Phi) is 3.54. The first-order chi connectivity index (χ1) is 12.7. The van der Waals surface area contributed by atoms with Crippen molar-refractivity contribution in [3.8, 4) is 0 Å². The van der Waals surface area contributed by atoms with Gasteiger partial charge in [0, 0.05) is 15.8 Å². The average molecular weight is 379 g/mol. The van der Waals surface area contributed by atoms with Crippen LogP contribution in [0.1, 0.15) is 65.5 Å². The van der Waals surface area contributed by atoms with Gasteiger partial charge in [0.15, 0.2) is 0 Å². The van der Waals surface area contributed by atoms with Crippen LogP contribution in [-0.2, 0) is 10.8 Å². The van der Waals surface area contributed by atoms with Crippen molar-refractivity contribution in [3.63, 3.8) is 0 Å². The van der Waals surface area contributed by atoms with Gasteiger partial charge in [-0.2, -0.15) is 0 Å². The number of anilines is 3. The number of hydrogen-bond acceptors (Lipinski definition) is 3. The minimum absolute atomic E-state index is 0.232. The zero-order valence-electron chi connectivity index (χ0n) is 17.4. The fraction of sp³-hybridized carbons (Fsp3) is 0.500. The third-order valence-electron chi connectivity index (χ3n) is 6.89. The molecular weight excluding hydrogens is 348 g/mol. The summed E-state index contributed by atoms with van der Waals surface area (Å²) in [7, 11) is 0. The summed E-state index contributed by atoms with van der Waals surface area (Å²) >= 11 is 2.00. The highest BCUT2D eigenvalue weighted by Crippen LogP contribution is 2.60. The van der Waals surface area contributed by atoms with Gasteiger partial charge in [0.05, 0.1) is 23.7 Å². The Labute approximate surface area is 167 Å². The highest BCUT2D eigenvalue weighted by Gasteiger charge is 2.43. The molecule has 2 heterocycles. The molecule has 142 valence electrons. The first-order valence-corrected chi connectivity index (χ1v) is 11.1. The lowest BCUT2D eigenvalue weighted by Crippen LogP contribution is -2.36. The van der Waals surface area contributed by atoms with E-state index in [-0.39, 0.29) is 10.8 Å².